The lowest BCUT2D eigenvalue weighted by Crippen LogP contribution is -2.60. The number of pyridine rings is 1. The number of amides is 1. The van der Waals surface area contributed by atoms with Gasteiger partial charge in [-0.2, -0.15) is 0 Å². The van der Waals surface area contributed by atoms with Gasteiger partial charge in [0.25, 0.3) is 5.91 Å². The first-order chi connectivity index (χ1) is 14.6. The van der Waals surface area contributed by atoms with Gasteiger partial charge in [-0.05, 0) is 61.3 Å². The molecule has 0 spiro atoms. The summed E-state index contributed by atoms with van der Waals surface area (Å²) >= 11 is 0. The van der Waals surface area contributed by atoms with Gasteiger partial charge in [0.1, 0.15) is 11.4 Å². The van der Waals surface area contributed by atoms with Crippen molar-refractivity contribution in [2.75, 3.05) is 26.7 Å². The number of likely N-dealkylation sites (tertiary alicyclic amines) is 1. The third-order valence-corrected chi connectivity index (χ3v) is 7.17. The molecule has 0 radical (unpaired) electrons. The number of rotatable bonds is 3. The molecule has 2 bridgehead atoms. The van der Waals surface area contributed by atoms with Crippen LogP contribution in [0.4, 0.5) is 0 Å². The van der Waals surface area contributed by atoms with Crippen LogP contribution in [0.1, 0.15) is 47.8 Å². The van der Waals surface area contributed by atoms with Crippen molar-refractivity contribution in [2.24, 2.45) is 11.8 Å². The van der Waals surface area contributed by atoms with Crippen molar-refractivity contribution in [3.05, 3.63) is 64.1 Å². The summed E-state index contributed by atoms with van der Waals surface area (Å²) in [5.74, 6) is 1.84. The molecule has 3 aliphatic heterocycles. The molecule has 0 aliphatic carbocycles. The highest BCUT2D eigenvalue weighted by atomic mass is 16.5. The van der Waals surface area contributed by atoms with Crippen molar-refractivity contribution >= 4 is 5.91 Å². The van der Waals surface area contributed by atoms with E-state index in [1.807, 2.05) is 4.90 Å². The fraction of sp³-hybridized carbons (Fsp3) is 0.500. The van der Waals surface area contributed by atoms with Gasteiger partial charge in [-0.25, -0.2) is 0 Å². The number of aromatic nitrogens is 1. The Morgan fingerprint density at radius 3 is 2.67 bits per heavy atom. The van der Waals surface area contributed by atoms with E-state index < -0.39 is 0 Å². The lowest BCUT2D eigenvalue weighted by Gasteiger charge is -2.55. The molecular formula is C24H29N3O3. The number of H-pyrrole nitrogens is 1. The molecule has 1 amide bonds. The van der Waals surface area contributed by atoms with Gasteiger partial charge in [0.2, 0.25) is 5.56 Å². The molecule has 3 fully saturated rings. The maximum atomic E-state index is 13.0. The van der Waals surface area contributed by atoms with Crippen molar-refractivity contribution in [2.45, 2.75) is 37.8 Å². The van der Waals surface area contributed by atoms with Gasteiger partial charge in [-0.15, -0.1) is 0 Å². The highest BCUT2D eigenvalue weighted by molar-refractivity contribution is 5.92. The summed E-state index contributed by atoms with van der Waals surface area (Å²) in [6, 6.07) is 14.3. The number of ether oxygens (including phenoxy) is 1. The summed E-state index contributed by atoms with van der Waals surface area (Å²) in [6.45, 7) is 2.58. The van der Waals surface area contributed by atoms with E-state index in [9.17, 15) is 9.59 Å². The number of methoxy groups -OCH3 is 1. The number of carbonyl (C=O) groups is 1. The van der Waals surface area contributed by atoms with Crippen LogP contribution in [0.3, 0.4) is 0 Å². The Labute approximate surface area is 176 Å². The second-order valence-electron chi connectivity index (χ2n) is 8.98. The van der Waals surface area contributed by atoms with Gasteiger partial charge in [-0.3, -0.25) is 14.5 Å². The molecule has 4 atom stereocenters. The molecule has 0 unspecified atom stereocenters. The van der Waals surface area contributed by atoms with Crippen molar-refractivity contribution in [3.63, 3.8) is 0 Å². The van der Waals surface area contributed by atoms with Gasteiger partial charge >= 0.3 is 0 Å². The average molecular weight is 408 g/mol. The Bertz CT molecular complexity index is 970. The maximum absolute atomic E-state index is 13.0. The quantitative estimate of drug-likeness (QED) is 0.849. The smallest absolute Gasteiger partial charge is 0.270 e. The standard InChI is InChI=1S/C24H29N3O3/c1-30-19-10-8-17(9-11-19)21-5-3-6-22-18-12-16(14-27(21)22)13-26(15-18)24(29)20-4-2-7-23(28)25-20/h2,4,7-11,16,18,21-22H,3,5-6,12-15H2,1H3,(H,25,28)/t16-,18+,21+,22-/m0/s1. The maximum Gasteiger partial charge on any atom is 0.270 e. The minimum atomic E-state index is -0.223. The Hall–Kier alpha value is -2.60. The fourth-order valence-corrected chi connectivity index (χ4v) is 5.90. The van der Waals surface area contributed by atoms with Gasteiger partial charge in [0.15, 0.2) is 0 Å². The van der Waals surface area contributed by atoms with Crippen molar-refractivity contribution in [1.82, 2.24) is 14.8 Å². The van der Waals surface area contributed by atoms with Crippen LogP contribution in [-0.2, 0) is 0 Å². The molecule has 1 aromatic carbocycles. The molecule has 1 aromatic heterocycles. The zero-order valence-electron chi connectivity index (χ0n) is 17.4. The minimum absolute atomic E-state index is 0.0432. The third-order valence-electron chi connectivity index (χ3n) is 7.17. The summed E-state index contributed by atoms with van der Waals surface area (Å²) in [5.41, 5.74) is 1.55. The second kappa shape index (κ2) is 7.91. The highest BCUT2D eigenvalue weighted by Crippen LogP contribution is 2.44. The van der Waals surface area contributed by atoms with Gasteiger partial charge in [0.05, 0.1) is 7.11 Å². The molecule has 6 nitrogen and oxygen atoms in total. The van der Waals surface area contributed by atoms with Crippen LogP contribution in [0.15, 0.2) is 47.3 Å². The van der Waals surface area contributed by atoms with Crippen molar-refractivity contribution < 1.29 is 9.53 Å². The lowest BCUT2D eigenvalue weighted by molar-refractivity contribution is -0.0512. The molecule has 30 heavy (non-hydrogen) atoms. The molecule has 2 aromatic rings. The van der Waals surface area contributed by atoms with E-state index >= 15 is 0 Å². The Balaban J connectivity index is 1.35. The summed E-state index contributed by atoms with van der Waals surface area (Å²) in [7, 11) is 1.70. The number of nitrogens with one attached hydrogen (secondary N) is 1. The molecule has 3 aliphatic rings. The molecule has 158 valence electrons. The zero-order valence-corrected chi connectivity index (χ0v) is 17.4. The first-order valence-corrected chi connectivity index (χ1v) is 11.0. The number of aromatic amines is 1. The molecule has 0 saturated carbocycles. The van der Waals surface area contributed by atoms with Crippen LogP contribution in [-0.4, -0.2) is 53.5 Å². The first-order valence-electron chi connectivity index (χ1n) is 11.0. The Kier molecular flexibility index (Phi) is 5.11. The molecular weight excluding hydrogens is 378 g/mol. The van der Waals surface area contributed by atoms with Crippen molar-refractivity contribution in [1.29, 1.82) is 0 Å². The van der Waals surface area contributed by atoms with E-state index in [-0.39, 0.29) is 11.5 Å². The predicted octanol–water partition coefficient (Wildman–Crippen LogP) is 3.07. The molecule has 1 N–H and O–H groups in total. The molecule has 3 saturated heterocycles. The Morgan fingerprint density at radius 1 is 1.07 bits per heavy atom. The fourth-order valence-electron chi connectivity index (χ4n) is 5.90. The van der Waals surface area contributed by atoms with Gasteiger partial charge < -0.3 is 14.6 Å². The van der Waals surface area contributed by atoms with Crippen LogP contribution in [0.25, 0.3) is 0 Å². The normalized spacial score (nSPS) is 28.6. The lowest BCUT2D eigenvalue weighted by atomic mass is 9.74. The second-order valence-corrected chi connectivity index (χ2v) is 8.98. The molecule has 6 heteroatoms. The van der Waals surface area contributed by atoms with Gasteiger partial charge in [0, 0.05) is 37.8 Å². The summed E-state index contributed by atoms with van der Waals surface area (Å²) in [6.07, 6.45) is 4.81. The predicted molar refractivity (Wildman–Crippen MR) is 115 cm³/mol. The third kappa shape index (κ3) is 3.54. The Morgan fingerprint density at radius 2 is 1.90 bits per heavy atom. The minimum Gasteiger partial charge on any atom is -0.497 e. The number of hydrogen-bond acceptors (Lipinski definition) is 4. The summed E-state index contributed by atoms with van der Waals surface area (Å²) < 4.78 is 5.33. The van der Waals surface area contributed by atoms with E-state index in [0.717, 1.165) is 25.4 Å². The zero-order chi connectivity index (χ0) is 20.7. The number of benzene rings is 1. The molecule has 5 rings (SSSR count). The first kappa shape index (κ1) is 19.4. The summed E-state index contributed by atoms with van der Waals surface area (Å²) in [5, 5.41) is 0. The number of fused-ring (bicyclic) bond motifs is 4. The van der Waals surface area contributed by atoms with Crippen LogP contribution in [0, 0.1) is 11.8 Å². The molecule has 4 heterocycles. The number of piperidine rings is 3. The van der Waals surface area contributed by atoms with Gasteiger partial charge in [-0.1, -0.05) is 18.2 Å². The van der Waals surface area contributed by atoms with E-state index in [1.54, 1.807) is 19.2 Å². The van der Waals surface area contributed by atoms with Crippen LogP contribution >= 0.6 is 0 Å². The average Bonchev–Trinajstić information content (AvgIpc) is 2.78. The van der Waals surface area contributed by atoms with E-state index in [1.165, 1.54) is 37.3 Å². The van der Waals surface area contributed by atoms with Crippen LogP contribution in [0.2, 0.25) is 0 Å². The topological polar surface area (TPSA) is 65.6 Å². The number of nitrogens with zero attached hydrogens (tertiary/aromatic N) is 2. The number of hydrogen-bond donors (Lipinski definition) is 1. The van der Waals surface area contributed by atoms with Crippen molar-refractivity contribution in [3.8, 4) is 5.75 Å². The van der Waals surface area contributed by atoms with Crippen LogP contribution < -0.4 is 10.3 Å². The highest BCUT2D eigenvalue weighted by Gasteiger charge is 2.45. The van der Waals surface area contributed by atoms with E-state index in [0.29, 0.717) is 29.6 Å². The number of carbonyl (C=O) groups excluding carboxylic acids is 1. The largest absolute Gasteiger partial charge is 0.497 e. The monoisotopic (exact) mass is 407 g/mol. The van der Waals surface area contributed by atoms with E-state index in [2.05, 4.69) is 34.1 Å². The van der Waals surface area contributed by atoms with Crippen LogP contribution in [0.5, 0.6) is 5.75 Å². The SMILES string of the molecule is COc1ccc([C@H]2CCC[C@H]3[C@@H]4C[C@@H](CN(C(=O)c5cccc(=O)[nH]5)C4)CN23)cc1. The van der Waals surface area contributed by atoms with E-state index in [4.69, 9.17) is 4.74 Å². The summed E-state index contributed by atoms with van der Waals surface area (Å²) in [4.78, 5) is 32.0.